The molecule has 1 aromatic heterocycles. The van der Waals surface area contributed by atoms with Crippen LogP contribution in [0.15, 0.2) is 60.8 Å². The van der Waals surface area contributed by atoms with Crippen molar-refractivity contribution in [3.8, 4) is 5.75 Å². The lowest BCUT2D eigenvalue weighted by Crippen LogP contribution is -2.40. The van der Waals surface area contributed by atoms with Gasteiger partial charge in [0.1, 0.15) is 11.3 Å². The molecule has 2 heterocycles. The van der Waals surface area contributed by atoms with Crippen LogP contribution in [0.25, 0.3) is 10.9 Å². The van der Waals surface area contributed by atoms with Gasteiger partial charge in [-0.2, -0.15) is 0 Å². The summed E-state index contributed by atoms with van der Waals surface area (Å²) in [5.41, 5.74) is 1.86. The van der Waals surface area contributed by atoms with Gasteiger partial charge in [-0.1, -0.05) is 30.3 Å². The van der Waals surface area contributed by atoms with E-state index >= 15 is 0 Å². The minimum atomic E-state index is -3.47. The van der Waals surface area contributed by atoms with E-state index in [-0.39, 0.29) is 24.7 Å². The molecule has 0 aliphatic carbocycles. The number of nitrogens with zero attached hydrogens (tertiary/aromatic N) is 3. The number of nitrogens with one attached hydrogen (secondary N) is 1. The van der Waals surface area contributed by atoms with Crippen LogP contribution in [0.4, 0.5) is 5.69 Å². The van der Waals surface area contributed by atoms with Gasteiger partial charge >= 0.3 is 0 Å². The van der Waals surface area contributed by atoms with Gasteiger partial charge in [-0.3, -0.25) is 19.4 Å². The maximum absolute atomic E-state index is 13.2. The summed E-state index contributed by atoms with van der Waals surface area (Å²) in [7, 11) is -1.71. The van der Waals surface area contributed by atoms with Crippen molar-refractivity contribution in [3.05, 3.63) is 66.4 Å². The van der Waals surface area contributed by atoms with Gasteiger partial charge in [-0.05, 0) is 36.2 Å². The fourth-order valence-electron chi connectivity index (χ4n) is 4.32. The Kier molecular flexibility index (Phi) is 7.54. The Morgan fingerprint density at radius 1 is 1.23 bits per heavy atom. The number of sulfonamides is 1. The number of aromatic nitrogens is 1. The summed E-state index contributed by atoms with van der Waals surface area (Å²) in [6.07, 6.45) is 3.06. The van der Waals surface area contributed by atoms with Gasteiger partial charge < -0.3 is 14.7 Å². The fourth-order valence-corrected chi connectivity index (χ4v) is 4.89. The van der Waals surface area contributed by atoms with Crippen molar-refractivity contribution in [1.82, 2.24) is 14.8 Å². The van der Waals surface area contributed by atoms with Crippen molar-refractivity contribution in [1.29, 1.82) is 0 Å². The molecule has 0 saturated carbocycles. The number of likely N-dealkylation sites (tertiary alicyclic amines) is 1. The van der Waals surface area contributed by atoms with Crippen LogP contribution >= 0.6 is 0 Å². The van der Waals surface area contributed by atoms with Crippen LogP contribution in [-0.4, -0.2) is 79.9 Å². The van der Waals surface area contributed by atoms with E-state index in [1.54, 1.807) is 42.4 Å². The predicted octanol–water partition coefficient (Wildman–Crippen LogP) is 2.25. The zero-order valence-electron chi connectivity index (χ0n) is 19.8. The first-order chi connectivity index (χ1) is 16.7. The first-order valence-corrected chi connectivity index (χ1v) is 13.3. The number of pyridine rings is 1. The number of amides is 1. The van der Waals surface area contributed by atoms with E-state index in [1.165, 1.54) is 0 Å². The number of fused-ring (bicyclic) bond motifs is 1. The fraction of sp³-hybridized carbons (Fsp3) is 0.360. The molecule has 35 heavy (non-hydrogen) atoms. The van der Waals surface area contributed by atoms with Crippen LogP contribution in [0.2, 0.25) is 0 Å². The number of hydrogen-bond donors (Lipinski definition) is 2. The zero-order valence-corrected chi connectivity index (χ0v) is 20.6. The molecule has 0 radical (unpaired) electrons. The monoisotopic (exact) mass is 498 g/mol. The highest BCUT2D eigenvalue weighted by molar-refractivity contribution is 7.92. The largest absolute Gasteiger partial charge is 0.481 e. The molecule has 0 spiro atoms. The van der Waals surface area contributed by atoms with Gasteiger partial charge in [0.05, 0.1) is 24.1 Å². The third kappa shape index (κ3) is 6.27. The molecule has 1 aliphatic rings. The second-order valence-corrected chi connectivity index (χ2v) is 10.6. The van der Waals surface area contributed by atoms with Gasteiger partial charge in [0.25, 0.3) is 5.91 Å². The smallest absolute Gasteiger partial charge is 0.260 e. The van der Waals surface area contributed by atoms with Crippen LogP contribution in [0.5, 0.6) is 5.75 Å². The van der Waals surface area contributed by atoms with Gasteiger partial charge in [-0.25, -0.2) is 8.42 Å². The van der Waals surface area contributed by atoms with Crippen LogP contribution in [0.3, 0.4) is 0 Å². The Hall–Kier alpha value is -3.21. The highest BCUT2D eigenvalue weighted by Crippen LogP contribution is 2.31. The molecule has 2 atom stereocenters. The molecule has 9 nitrogen and oxygen atoms in total. The molecule has 1 fully saturated rings. The number of carbonyl (C=O) groups excluding carboxylic acids is 1. The molecule has 2 aromatic carbocycles. The number of rotatable bonds is 9. The zero-order chi connectivity index (χ0) is 25.0. The van der Waals surface area contributed by atoms with Crippen LogP contribution < -0.4 is 9.46 Å². The lowest BCUT2D eigenvalue weighted by atomic mass is 10.0. The average Bonchev–Trinajstić information content (AvgIpc) is 3.25. The number of benzene rings is 2. The number of aliphatic hydroxyl groups excluding tert-OH is 1. The number of carbonyl (C=O) groups is 1. The molecule has 1 saturated heterocycles. The second kappa shape index (κ2) is 10.6. The summed E-state index contributed by atoms with van der Waals surface area (Å²) in [6, 6.07) is 16.3. The Morgan fingerprint density at radius 3 is 2.69 bits per heavy atom. The normalized spacial score (nSPS) is 17.3. The Labute approximate surface area is 205 Å². The van der Waals surface area contributed by atoms with E-state index in [1.807, 2.05) is 30.3 Å². The summed E-state index contributed by atoms with van der Waals surface area (Å²) in [4.78, 5) is 21.4. The Balaban J connectivity index is 1.51. The van der Waals surface area contributed by atoms with Crippen LogP contribution in [0, 0.1) is 0 Å². The number of likely N-dealkylation sites (N-methyl/N-ethyl adjacent to an activating group) is 1. The second-order valence-electron chi connectivity index (χ2n) is 8.81. The van der Waals surface area contributed by atoms with Gasteiger partial charge in [-0.15, -0.1) is 0 Å². The first-order valence-electron chi connectivity index (χ1n) is 11.4. The number of anilines is 1. The third-order valence-corrected chi connectivity index (χ3v) is 6.69. The average molecular weight is 499 g/mol. The molecule has 1 amide bonds. The summed E-state index contributed by atoms with van der Waals surface area (Å²) in [6.45, 7) is 1.79. The van der Waals surface area contributed by atoms with Crippen molar-refractivity contribution in [2.75, 3.05) is 44.3 Å². The van der Waals surface area contributed by atoms with Gasteiger partial charge in [0.2, 0.25) is 10.0 Å². The molecule has 10 heteroatoms. The highest BCUT2D eigenvalue weighted by atomic mass is 32.2. The van der Waals surface area contributed by atoms with Crippen molar-refractivity contribution in [2.45, 2.75) is 18.6 Å². The summed E-state index contributed by atoms with van der Waals surface area (Å²) >= 11 is 0. The molecular formula is C25H30N4O5S. The van der Waals surface area contributed by atoms with Gasteiger partial charge in [0.15, 0.2) is 6.61 Å². The quantitative estimate of drug-likeness (QED) is 0.465. The van der Waals surface area contributed by atoms with E-state index < -0.39 is 10.0 Å². The first kappa shape index (κ1) is 24.9. The van der Waals surface area contributed by atoms with Crippen molar-refractivity contribution < 1.29 is 23.1 Å². The number of hydrogen-bond acceptors (Lipinski definition) is 7. The highest BCUT2D eigenvalue weighted by Gasteiger charge is 2.28. The van der Waals surface area contributed by atoms with Crippen LogP contribution in [-0.2, 0) is 14.8 Å². The number of aliphatic hydroxyl groups is 1. The summed E-state index contributed by atoms with van der Waals surface area (Å²) in [5.74, 6) is 0.182. The van der Waals surface area contributed by atoms with Crippen molar-refractivity contribution in [3.63, 3.8) is 0 Å². The maximum Gasteiger partial charge on any atom is 0.260 e. The lowest BCUT2D eigenvalue weighted by Gasteiger charge is -2.32. The molecule has 1 aliphatic heterocycles. The Morgan fingerprint density at radius 2 is 2.00 bits per heavy atom. The molecule has 4 rings (SSSR count). The topological polar surface area (TPSA) is 112 Å². The predicted molar refractivity (Wildman–Crippen MR) is 135 cm³/mol. The van der Waals surface area contributed by atoms with Crippen LogP contribution in [0.1, 0.15) is 18.0 Å². The summed E-state index contributed by atoms with van der Waals surface area (Å²) < 4.78 is 31.8. The SMILES string of the molecule is CN(C(=O)COc1ccc(NS(C)(=O)=O)c2cccnc12)[C@H](CN1CC[C@H](O)C1)c1ccccc1. The molecule has 186 valence electrons. The third-order valence-electron chi connectivity index (χ3n) is 6.10. The van der Waals surface area contributed by atoms with E-state index in [2.05, 4.69) is 14.6 Å². The van der Waals surface area contributed by atoms with E-state index in [4.69, 9.17) is 4.74 Å². The standard InChI is InChI=1S/C25H30N4O5S/c1-28(22(18-7-4-3-5-8-18)16-29-14-12-19(30)15-29)24(31)17-34-23-11-10-21(27-35(2,32)33)20-9-6-13-26-25(20)23/h3-11,13,19,22,27,30H,12,14-17H2,1-2H3/t19-,22+/m0/s1. The molecule has 0 unspecified atom stereocenters. The number of ether oxygens (including phenoxy) is 1. The molecular weight excluding hydrogens is 468 g/mol. The molecule has 0 bridgehead atoms. The van der Waals surface area contributed by atoms with E-state index in [9.17, 15) is 18.3 Å². The van der Waals surface area contributed by atoms with E-state index in [0.29, 0.717) is 35.4 Å². The minimum absolute atomic E-state index is 0.200. The molecule has 3 aromatic rings. The summed E-state index contributed by atoms with van der Waals surface area (Å²) in [5, 5.41) is 10.5. The molecule has 2 N–H and O–H groups in total. The maximum atomic E-state index is 13.2. The minimum Gasteiger partial charge on any atom is -0.481 e. The Bertz CT molecular complexity index is 1290. The van der Waals surface area contributed by atoms with Gasteiger partial charge in [0, 0.05) is 38.3 Å². The van der Waals surface area contributed by atoms with E-state index in [0.717, 1.165) is 24.8 Å². The lowest BCUT2D eigenvalue weighted by molar-refractivity contribution is -0.134. The van der Waals surface area contributed by atoms with Crippen molar-refractivity contribution in [2.24, 2.45) is 0 Å². The van der Waals surface area contributed by atoms with Crippen molar-refractivity contribution >= 4 is 32.5 Å². The number of β-amino-alcohol motifs (C(OH)–C–C–N with tert-alkyl or cyclic N) is 1.